The van der Waals surface area contributed by atoms with Gasteiger partial charge in [-0.1, -0.05) is 0 Å². The Morgan fingerprint density at radius 2 is 2.20 bits per heavy atom. The number of hydrogen-bond donors (Lipinski definition) is 2. The maximum absolute atomic E-state index is 12.3. The van der Waals surface area contributed by atoms with Gasteiger partial charge in [-0.15, -0.1) is 0 Å². The summed E-state index contributed by atoms with van der Waals surface area (Å²) in [6, 6.07) is 5.87. The highest BCUT2D eigenvalue weighted by Gasteiger charge is 2.21. The summed E-state index contributed by atoms with van der Waals surface area (Å²) in [5.74, 6) is 0.430. The number of nitrogens with one attached hydrogen (secondary N) is 2. The summed E-state index contributed by atoms with van der Waals surface area (Å²) in [6.07, 6.45) is 1.31. The summed E-state index contributed by atoms with van der Waals surface area (Å²) in [6.45, 7) is 3.31. The van der Waals surface area contributed by atoms with Crippen molar-refractivity contribution in [3.8, 4) is 6.07 Å². The van der Waals surface area contributed by atoms with Crippen molar-refractivity contribution in [2.75, 3.05) is 0 Å². The second kappa shape index (κ2) is 5.40. The van der Waals surface area contributed by atoms with Crippen LogP contribution in [-0.4, -0.2) is 23.6 Å². The summed E-state index contributed by atoms with van der Waals surface area (Å²) in [4.78, 5) is 4.05. The van der Waals surface area contributed by atoms with E-state index in [-0.39, 0.29) is 4.90 Å². The molecule has 1 unspecified atom stereocenters. The third kappa shape index (κ3) is 2.84. The zero-order chi connectivity index (χ0) is 14.8. The lowest BCUT2D eigenvalue weighted by molar-refractivity contribution is 0.559. The molecule has 2 N–H and O–H groups in total. The molecule has 0 aliphatic heterocycles. The Hall–Kier alpha value is -2.24. The first-order valence-electron chi connectivity index (χ1n) is 5.82. The molecular weight excluding hydrogens is 278 g/mol. The molecule has 7 nitrogen and oxygen atoms in total. The van der Waals surface area contributed by atoms with Crippen LogP contribution in [0, 0.1) is 18.3 Å². The van der Waals surface area contributed by atoms with Gasteiger partial charge in [-0.25, -0.2) is 18.1 Å². The van der Waals surface area contributed by atoms with Crippen molar-refractivity contribution in [1.82, 2.24) is 19.9 Å². The van der Waals surface area contributed by atoms with Crippen LogP contribution in [0.1, 0.15) is 29.9 Å². The number of nitrogens with zero attached hydrogens (tertiary/aromatic N) is 3. The molecular formula is C12H13N5O2S. The molecule has 1 aromatic heterocycles. The minimum absolute atomic E-state index is 0.142. The normalized spacial score (nSPS) is 12.8. The van der Waals surface area contributed by atoms with Crippen LogP contribution in [0.4, 0.5) is 0 Å². The largest absolute Gasteiger partial charge is 0.262 e. The predicted molar refractivity (Wildman–Crippen MR) is 71.0 cm³/mol. The first kappa shape index (κ1) is 14.2. The maximum Gasteiger partial charge on any atom is 0.241 e. The lowest BCUT2D eigenvalue weighted by Gasteiger charge is -2.13. The number of rotatable bonds is 4. The molecule has 0 saturated carbocycles. The number of sulfonamides is 1. The van der Waals surface area contributed by atoms with Gasteiger partial charge in [-0.2, -0.15) is 10.4 Å². The molecule has 8 heteroatoms. The maximum atomic E-state index is 12.3. The summed E-state index contributed by atoms with van der Waals surface area (Å²) in [5, 5.41) is 15.1. The van der Waals surface area contributed by atoms with Crippen molar-refractivity contribution in [2.45, 2.75) is 24.8 Å². The Morgan fingerprint density at radius 1 is 1.45 bits per heavy atom. The molecule has 1 heterocycles. The standard InChI is InChI=1S/C12H13N5O2S/c1-8-5-10(6-13)3-4-11(8)20(18,19)17-9(2)12-14-7-15-16-12/h3-5,7,9,17H,1-2H3,(H,14,15,16). The highest BCUT2D eigenvalue weighted by molar-refractivity contribution is 7.89. The van der Waals surface area contributed by atoms with Crippen LogP contribution in [0.2, 0.25) is 0 Å². The number of nitriles is 1. The first-order chi connectivity index (χ1) is 9.44. The van der Waals surface area contributed by atoms with E-state index in [1.54, 1.807) is 13.8 Å². The van der Waals surface area contributed by atoms with Gasteiger partial charge in [-0.3, -0.25) is 5.10 Å². The summed E-state index contributed by atoms with van der Waals surface area (Å²) < 4.78 is 27.1. The van der Waals surface area contributed by atoms with Crippen LogP contribution in [0.25, 0.3) is 0 Å². The number of hydrogen-bond acceptors (Lipinski definition) is 5. The van der Waals surface area contributed by atoms with Crippen molar-refractivity contribution < 1.29 is 8.42 Å². The minimum atomic E-state index is -3.69. The monoisotopic (exact) mass is 291 g/mol. The van der Waals surface area contributed by atoms with E-state index in [9.17, 15) is 8.42 Å². The Labute approximate surface area is 116 Å². The molecule has 0 amide bonds. The Kier molecular flexibility index (Phi) is 3.83. The first-order valence-corrected chi connectivity index (χ1v) is 7.30. The van der Waals surface area contributed by atoms with E-state index in [2.05, 4.69) is 19.9 Å². The Bertz CT molecular complexity index is 747. The van der Waals surface area contributed by atoms with E-state index < -0.39 is 16.1 Å². The SMILES string of the molecule is Cc1cc(C#N)ccc1S(=O)(=O)NC(C)c1ncn[nH]1. The molecule has 0 fully saturated rings. The molecule has 2 aromatic rings. The molecule has 2 rings (SSSR count). The van der Waals surface area contributed by atoms with Crippen LogP contribution in [0.15, 0.2) is 29.4 Å². The fraction of sp³-hybridized carbons (Fsp3) is 0.250. The topological polar surface area (TPSA) is 112 Å². The number of aryl methyl sites for hydroxylation is 1. The molecule has 0 bridgehead atoms. The molecule has 0 saturated heterocycles. The average Bonchev–Trinajstić information content (AvgIpc) is 2.91. The molecule has 1 atom stereocenters. The van der Waals surface area contributed by atoms with E-state index >= 15 is 0 Å². The fourth-order valence-electron chi connectivity index (χ4n) is 1.80. The lowest BCUT2D eigenvalue weighted by atomic mass is 10.2. The third-order valence-corrected chi connectivity index (χ3v) is 4.47. The van der Waals surface area contributed by atoms with Gasteiger partial charge in [0.2, 0.25) is 10.0 Å². The van der Waals surface area contributed by atoms with Crippen LogP contribution < -0.4 is 4.72 Å². The molecule has 0 spiro atoms. The quantitative estimate of drug-likeness (QED) is 0.873. The number of benzene rings is 1. The second-order valence-corrected chi connectivity index (χ2v) is 5.99. The van der Waals surface area contributed by atoms with Gasteiger partial charge in [0.05, 0.1) is 22.6 Å². The predicted octanol–water partition coefficient (Wildman–Crippen LogP) is 1.02. The van der Waals surface area contributed by atoms with Crippen molar-refractivity contribution in [3.63, 3.8) is 0 Å². The van der Waals surface area contributed by atoms with Gasteiger partial charge >= 0.3 is 0 Å². The van der Waals surface area contributed by atoms with Gasteiger partial charge in [0.25, 0.3) is 0 Å². The fourth-order valence-corrected chi connectivity index (χ4v) is 3.23. The molecule has 0 radical (unpaired) electrons. The van der Waals surface area contributed by atoms with Crippen molar-refractivity contribution in [3.05, 3.63) is 41.5 Å². The van der Waals surface area contributed by atoms with Gasteiger partial charge in [-0.05, 0) is 37.6 Å². The second-order valence-electron chi connectivity index (χ2n) is 4.31. The molecule has 0 aliphatic rings. The van der Waals surface area contributed by atoms with Crippen LogP contribution in [0.5, 0.6) is 0 Å². The van der Waals surface area contributed by atoms with E-state index in [1.165, 1.54) is 24.5 Å². The molecule has 1 aromatic carbocycles. The number of H-pyrrole nitrogens is 1. The van der Waals surface area contributed by atoms with Crippen LogP contribution >= 0.6 is 0 Å². The van der Waals surface area contributed by atoms with Gasteiger partial charge in [0.1, 0.15) is 12.2 Å². The van der Waals surface area contributed by atoms with E-state index in [0.29, 0.717) is 17.0 Å². The van der Waals surface area contributed by atoms with E-state index in [0.717, 1.165) is 0 Å². The van der Waals surface area contributed by atoms with Gasteiger partial charge in [0, 0.05) is 0 Å². The molecule has 104 valence electrons. The zero-order valence-corrected chi connectivity index (χ0v) is 11.8. The summed E-state index contributed by atoms with van der Waals surface area (Å²) in [5.41, 5.74) is 0.936. The van der Waals surface area contributed by atoms with Crippen LogP contribution in [0.3, 0.4) is 0 Å². The highest BCUT2D eigenvalue weighted by atomic mass is 32.2. The molecule has 0 aliphatic carbocycles. The van der Waals surface area contributed by atoms with E-state index in [1.807, 2.05) is 6.07 Å². The number of aromatic amines is 1. The van der Waals surface area contributed by atoms with Crippen molar-refractivity contribution >= 4 is 10.0 Å². The summed E-state index contributed by atoms with van der Waals surface area (Å²) in [7, 11) is -3.69. The smallest absolute Gasteiger partial charge is 0.241 e. The van der Waals surface area contributed by atoms with Crippen molar-refractivity contribution in [1.29, 1.82) is 5.26 Å². The molecule has 20 heavy (non-hydrogen) atoms. The minimum Gasteiger partial charge on any atom is -0.262 e. The lowest BCUT2D eigenvalue weighted by Crippen LogP contribution is -2.28. The van der Waals surface area contributed by atoms with Gasteiger partial charge < -0.3 is 0 Å². The average molecular weight is 291 g/mol. The summed E-state index contributed by atoms with van der Waals surface area (Å²) >= 11 is 0. The van der Waals surface area contributed by atoms with E-state index in [4.69, 9.17) is 5.26 Å². The zero-order valence-electron chi connectivity index (χ0n) is 11.0. The van der Waals surface area contributed by atoms with Crippen molar-refractivity contribution in [2.24, 2.45) is 0 Å². The third-order valence-electron chi connectivity index (χ3n) is 2.77. The highest BCUT2D eigenvalue weighted by Crippen LogP contribution is 2.18. The number of aromatic nitrogens is 3. The van der Waals surface area contributed by atoms with Crippen LogP contribution in [-0.2, 0) is 10.0 Å². The van der Waals surface area contributed by atoms with Gasteiger partial charge in [0.15, 0.2) is 0 Å². The Balaban J connectivity index is 2.29. The Morgan fingerprint density at radius 3 is 2.75 bits per heavy atom.